The summed E-state index contributed by atoms with van der Waals surface area (Å²) >= 11 is 0. The van der Waals surface area contributed by atoms with Crippen molar-refractivity contribution in [3.8, 4) is 0 Å². The molecule has 0 aliphatic rings. The van der Waals surface area contributed by atoms with Gasteiger partial charge in [-0.1, -0.05) is 46.5 Å². The molecule has 0 bridgehead atoms. The number of nitrogens with zero attached hydrogens (tertiary/aromatic N) is 1. The van der Waals surface area contributed by atoms with Crippen molar-refractivity contribution < 1.29 is 0 Å². The largest absolute Gasteiger partial charge is 0.303 e. The van der Waals surface area contributed by atoms with Gasteiger partial charge in [0.15, 0.2) is 0 Å². The third kappa shape index (κ3) is 8.55. The highest BCUT2D eigenvalue weighted by atomic mass is 15.1. The lowest BCUT2D eigenvalue weighted by Crippen LogP contribution is -2.26. The van der Waals surface area contributed by atoms with E-state index in [1.165, 1.54) is 64.6 Å². The Kier molecular flexibility index (Phi) is 11.0. The molecule has 1 heteroatoms. The van der Waals surface area contributed by atoms with E-state index in [4.69, 9.17) is 0 Å². The van der Waals surface area contributed by atoms with Gasteiger partial charge < -0.3 is 4.90 Å². The summed E-state index contributed by atoms with van der Waals surface area (Å²) in [5.74, 6) is 0. The predicted molar refractivity (Wildman–Crippen MR) is 65.8 cm³/mol. The molecular formula is C13H29N. The molecule has 0 saturated carbocycles. The van der Waals surface area contributed by atoms with E-state index in [1.54, 1.807) is 0 Å². The second kappa shape index (κ2) is 11.0. The van der Waals surface area contributed by atoms with Crippen molar-refractivity contribution in [2.24, 2.45) is 0 Å². The van der Waals surface area contributed by atoms with E-state index < -0.39 is 0 Å². The van der Waals surface area contributed by atoms with Gasteiger partial charge in [0.25, 0.3) is 0 Å². The Bertz CT molecular complexity index is 91.4. The molecule has 0 unspecified atom stereocenters. The molecule has 0 aromatic heterocycles. The van der Waals surface area contributed by atoms with Gasteiger partial charge in [-0.15, -0.1) is 0 Å². The van der Waals surface area contributed by atoms with Crippen LogP contribution in [0.25, 0.3) is 0 Å². The summed E-state index contributed by atoms with van der Waals surface area (Å²) in [5, 5.41) is 0. The van der Waals surface area contributed by atoms with E-state index in [1.807, 2.05) is 0 Å². The summed E-state index contributed by atoms with van der Waals surface area (Å²) in [6, 6.07) is 0. The van der Waals surface area contributed by atoms with Crippen molar-refractivity contribution in [1.82, 2.24) is 4.90 Å². The van der Waals surface area contributed by atoms with Crippen LogP contribution in [-0.4, -0.2) is 24.5 Å². The van der Waals surface area contributed by atoms with Crippen molar-refractivity contribution in [3.05, 3.63) is 0 Å². The zero-order valence-corrected chi connectivity index (χ0v) is 10.5. The minimum absolute atomic E-state index is 1.30. The Morgan fingerprint density at radius 2 is 1.07 bits per heavy atom. The molecule has 14 heavy (non-hydrogen) atoms. The molecule has 0 spiro atoms. The second-order valence-electron chi connectivity index (χ2n) is 4.26. The fraction of sp³-hybridized carbons (Fsp3) is 1.00. The van der Waals surface area contributed by atoms with Gasteiger partial charge >= 0.3 is 0 Å². The molecule has 86 valence electrons. The summed E-state index contributed by atoms with van der Waals surface area (Å²) in [4.78, 5) is 2.64. The maximum Gasteiger partial charge on any atom is -0.00187 e. The first-order chi connectivity index (χ1) is 6.85. The van der Waals surface area contributed by atoms with Crippen LogP contribution in [0.5, 0.6) is 0 Å². The lowest BCUT2D eigenvalue weighted by atomic mass is 10.2. The second-order valence-corrected chi connectivity index (χ2v) is 4.26. The highest BCUT2D eigenvalue weighted by Crippen LogP contribution is 2.03. The van der Waals surface area contributed by atoms with E-state index in [2.05, 4.69) is 25.7 Å². The number of hydrogen-bond donors (Lipinski definition) is 0. The first-order valence-corrected chi connectivity index (χ1v) is 6.57. The summed E-state index contributed by atoms with van der Waals surface area (Å²) in [6.45, 7) is 10.8. The Labute approximate surface area is 90.9 Å². The standard InChI is InChI=1S/C13H29N/c1-4-7-9-12-14(11-6-3)13-10-8-5-2/h4-13H2,1-3H3. The molecule has 0 amide bonds. The summed E-state index contributed by atoms with van der Waals surface area (Å²) in [7, 11) is 0. The van der Waals surface area contributed by atoms with Crippen molar-refractivity contribution in [3.63, 3.8) is 0 Å². The van der Waals surface area contributed by atoms with Crippen LogP contribution in [0, 0.1) is 0 Å². The number of hydrogen-bond acceptors (Lipinski definition) is 1. The van der Waals surface area contributed by atoms with Gasteiger partial charge in [0, 0.05) is 0 Å². The number of rotatable bonds is 10. The van der Waals surface area contributed by atoms with Crippen LogP contribution in [-0.2, 0) is 0 Å². The lowest BCUT2D eigenvalue weighted by molar-refractivity contribution is 0.262. The fourth-order valence-corrected chi connectivity index (χ4v) is 1.82. The third-order valence-electron chi connectivity index (χ3n) is 2.70. The van der Waals surface area contributed by atoms with Gasteiger partial charge in [0.2, 0.25) is 0 Å². The van der Waals surface area contributed by atoms with Gasteiger partial charge in [-0.2, -0.15) is 0 Å². The van der Waals surface area contributed by atoms with Crippen LogP contribution >= 0.6 is 0 Å². The molecule has 0 aromatic carbocycles. The molecule has 0 saturated heterocycles. The van der Waals surface area contributed by atoms with E-state index in [-0.39, 0.29) is 0 Å². The van der Waals surface area contributed by atoms with Crippen molar-refractivity contribution >= 4 is 0 Å². The van der Waals surface area contributed by atoms with Gasteiger partial charge in [-0.05, 0) is 38.9 Å². The average Bonchev–Trinajstić information content (AvgIpc) is 2.18. The van der Waals surface area contributed by atoms with Crippen molar-refractivity contribution in [2.45, 2.75) is 65.7 Å². The lowest BCUT2D eigenvalue weighted by Gasteiger charge is -2.21. The zero-order chi connectivity index (χ0) is 10.6. The summed E-state index contributed by atoms with van der Waals surface area (Å²) in [5.41, 5.74) is 0. The van der Waals surface area contributed by atoms with E-state index in [0.29, 0.717) is 0 Å². The quantitative estimate of drug-likeness (QED) is 0.479. The highest BCUT2D eigenvalue weighted by molar-refractivity contribution is 4.57. The van der Waals surface area contributed by atoms with Gasteiger partial charge in [0.05, 0.1) is 0 Å². The SMILES string of the molecule is CCCCCN(CCC)CCCCC. The van der Waals surface area contributed by atoms with Crippen molar-refractivity contribution in [2.75, 3.05) is 19.6 Å². The molecule has 0 heterocycles. The van der Waals surface area contributed by atoms with E-state index in [0.717, 1.165) is 0 Å². The molecule has 0 N–H and O–H groups in total. The van der Waals surface area contributed by atoms with Gasteiger partial charge in [0.1, 0.15) is 0 Å². The maximum absolute atomic E-state index is 2.64. The zero-order valence-electron chi connectivity index (χ0n) is 10.5. The van der Waals surface area contributed by atoms with E-state index in [9.17, 15) is 0 Å². The molecule has 0 rings (SSSR count). The molecule has 0 atom stereocenters. The Hall–Kier alpha value is -0.0400. The van der Waals surface area contributed by atoms with Crippen LogP contribution in [0.3, 0.4) is 0 Å². The third-order valence-corrected chi connectivity index (χ3v) is 2.70. The smallest absolute Gasteiger partial charge is 0.00187 e. The minimum Gasteiger partial charge on any atom is -0.303 e. The molecule has 0 fully saturated rings. The first-order valence-electron chi connectivity index (χ1n) is 6.57. The van der Waals surface area contributed by atoms with Gasteiger partial charge in [-0.25, -0.2) is 0 Å². The Morgan fingerprint density at radius 1 is 0.571 bits per heavy atom. The predicted octanol–water partition coefficient (Wildman–Crippen LogP) is 4.08. The normalized spacial score (nSPS) is 11.1. The molecule has 1 nitrogen and oxygen atoms in total. The maximum atomic E-state index is 2.64. The molecule has 0 aliphatic carbocycles. The van der Waals surface area contributed by atoms with Crippen LogP contribution < -0.4 is 0 Å². The number of unbranched alkanes of at least 4 members (excludes halogenated alkanes) is 4. The highest BCUT2D eigenvalue weighted by Gasteiger charge is 2.01. The average molecular weight is 199 g/mol. The Balaban J connectivity index is 3.44. The van der Waals surface area contributed by atoms with Gasteiger partial charge in [-0.3, -0.25) is 0 Å². The molecule has 0 radical (unpaired) electrons. The van der Waals surface area contributed by atoms with Crippen LogP contribution in [0.4, 0.5) is 0 Å². The topological polar surface area (TPSA) is 3.24 Å². The van der Waals surface area contributed by atoms with Crippen LogP contribution in [0.1, 0.15) is 65.7 Å². The summed E-state index contributed by atoms with van der Waals surface area (Å²) < 4.78 is 0. The monoisotopic (exact) mass is 199 g/mol. The molecular weight excluding hydrogens is 170 g/mol. The first kappa shape index (κ1) is 14.0. The Morgan fingerprint density at radius 3 is 1.43 bits per heavy atom. The molecule has 0 aromatic rings. The van der Waals surface area contributed by atoms with E-state index >= 15 is 0 Å². The van der Waals surface area contributed by atoms with Crippen LogP contribution in [0.15, 0.2) is 0 Å². The fourth-order valence-electron chi connectivity index (χ4n) is 1.82. The van der Waals surface area contributed by atoms with Crippen molar-refractivity contribution in [1.29, 1.82) is 0 Å². The van der Waals surface area contributed by atoms with Crippen LogP contribution in [0.2, 0.25) is 0 Å². The molecule has 0 aliphatic heterocycles. The minimum atomic E-state index is 1.30. The summed E-state index contributed by atoms with van der Waals surface area (Å²) in [6.07, 6.45) is 9.56.